The number of benzene rings is 3. The molecule has 0 aliphatic carbocycles. The summed E-state index contributed by atoms with van der Waals surface area (Å²) in [5, 5.41) is 21.1. The van der Waals surface area contributed by atoms with E-state index in [1.807, 2.05) is 31.3 Å². The van der Waals surface area contributed by atoms with Crippen LogP contribution in [-0.4, -0.2) is 46.5 Å². The molecule has 3 aromatic carbocycles. The average Bonchev–Trinajstić information content (AvgIpc) is 3.54. The van der Waals surface area contributed by atoms with Gasteiger partial charge in [-0.1, -0.05) is 36.4 Å². The molecule has 5 heterocycles. The molecular weight excluding hydrogens is 710 g/mol. The van der Waals surface area contributed by atoms with Crippen LogP contribution in [0.15, 0.2) is 48.5 Å². The average molecular weight is 736 g/mol. The molecule has 8 rings (SSSR count). The zero-order chi connectivity index (χ0) is 26.5. The standard InChI is InChI=1S/C28H26N4O4.I2/c1-28-25(35-3)15(29-2)12-18(36-28)31-16-10-6-4-8-13(16)19-21-22(27(34)30-26(21)33)20-14-9-5-7-11-17(14)32(28)24(20)23(19)31;1-2/h4-11,15,18,25,27,29,34H,12H2,1-3H3,(H,30,33);. The van der Waals surface area contributed by atoms with Crippen LogP contribution in [-0.2, 0) is 15.2 Å². The Bertz CT molecular complexity index is 1800. The summed E-state index contributed by atoms with van der Waals surface area (Å²) in [6, 6.07) is 16.4. The van der Waals surface area contributed by atoms with E-state index >= 15 is 0 Å². The molecule has 8 nitrogen and oxygen atoms in total. The van der Waals surface area contributed by atoms with Crippen LogP contribution in [0.5, 0.6) is 0 Å². The van der Waals surface area contributed by atoms with Crippen molar-refractivity contribution >= 4 is 86.8 Å². The number of fused-ring (bicyclic) bond motifs is 13. The molecule has 1 saturated heterocycles. The minimum atomic E-state index is -1.09. The molecule has 0 radical (unpaired) electrons. The van der Waals surface area contributed by atoms with E-state index in [0.29, 0.717) is 17.5 Å². The third-order valence-corrected chi connectivity index (χ3v) is 8.65. The number of hydrogen-bond donors (Lipinski definition) is 3. The molecule has 1 amide bonds. The number of nitrogens with zero attached hydrogens (tertiary/aromatic N) is 2. The SMILES string of the molecule is CNC1CC2OC(C)(C1OC)n1c3ccccc3c3c4c(c5c6ccccc6n2c5c31)C(=O)NC4O.II. The molecular formula is C28H26I2N4O4. The first-order valence-electron chi connectivity index (χ1n) is 12.5. The topological polar surface area (TPSA) is 89.7 Å². The number of likely N-dealkylation sites (N-methyl/N-ethyl adjacent to an activating group) is 1. The maximum atomic E-state index is 13.4. The molecule has 10 heteroatoms. The van der Waals surface area contributed by atoms with Crippen LogP contribution >= 0.6 is 37.2 Å². The predicted octanol–water partition coefficient (Wildman–Crippen LogP) is 5.62. The number of hydrogen-bond acceptors (Lipinski definition) is 5. The Morgan fingerprint density at radius 3 is 2.42 bits per heavy atom. The Kier molecular flexibility index (Phi) is 5.77. The van der Waals surface area contributed by atoms with Crippen LogP contribution < -0.4 is 10.6 Å². The van der Waals surface area contributed by atoms with Gasteiger partial charge in [-0.3, -0.25) is 4.79 Å². The van der Waals surface area contributed by atoms with Gasteiger partial charge in [0.1, 0.15) is 12.3 Å². The van der Waals surface area contributed by atoms with Gasteiger partial charge in [0.25, 0.3) is 5.91 Å². The third kappa shape index (κ3) is 2.91. The fourth-order valence-electron chi connectivity index (χ4n) is 7.38. The van der Waals surface area contributed by atoms with Crippen molar-refractivity contribution in [1.82, 2.24) is 19.8 Å². The number of ether oxygens (including phenoxy) is 2. The highest BCUT2D eigenvalue weighted by atomic mass is 128. The Labute approximate surface area is 241 Å². The number of aliphatic hydroxyl groups excluding tert-OH is 1. The second-order valence-electron chi connectivity index (χ2n) is 10.3. The molecule has 3 aliphatic heterocycles. The normalized spacial score (nSPS) is 27.6. The number of nitrogens with one attached hydrogen (secondary N) is 2. The summed E-state index contributed by atoms with van der Waals surface area (Å²) in [5.74, 6) is -0.249. The van der Waals surface area contributed by atoms with E-state index in [1.165, 1.54) is 0 Å². The molecule has 5 atom stereocenters. The van der Waals surface area contributed by atoms with Gasteiger partial charge in [0.15, 0.2) is 12.0 Å². The predicted molar refractivity (Wildman–Crippen MR) is 165 cm³/mol. The maximum Gasteiger partial charge on any atom is 0.254 e. The molecule has 5 aromatic rings. The Hall–Kier alpha value is -1.97. The van der Waals surface area contributed by atoms with Crippen LogP contribution in [0.2, 0.25) is 0 Å². The number of rotatable bonds is 2. The van der Waals surface area contributed by atoms with Gasteiger partial charge < -0.3 is 34.3 Å². The van der Waals surface area contributed by atoms with E-state index in [-0.39, 0.29) is 24.3 Å². The van der Waals surface area contributed by atoms with Gasteiger partial charge in [0.05, 0.1) is 27.6 Å². The van der Waals surface area contributed by atoms with E-state index in [2.05, 4.69) is 88.2 Å². The van der Waals surface area contributed by atoms with E-state index < -0.39 is 12.0 Å². The second-order valence-corrected chi connectivity index (χ2v) is 10.3. The molecule has 2 aromatic heterocycles. The number of carbonyl (C=O) groups excluding carboxylic acids is 1. The molecule has 38 heavy (non-hydrogen) atoms. The van der Waals surface area contributed by atoms with Gasteiger partial charge in [-0.25, -0.2) is 0 Å². The van der Waals surface area contributed by atoms with Gasteiger partial charge in [-0.2, -0.15) is 0 Å². The molecule has 0 saturated carbocycles. The lowest BCUT2D eigenvalue weighted by Crippen LogP contribution is -2.59. The zero-order valence-electron chi connectivity index (χ0n) is 21.0. The molecule has 196 valence electrons. The highest BCUT2D eigenvalue weighted by Gasteiger charge is 2.53. The highest BCUT2D eigenvalue weighted by Crippen LogP contribution is 2.54. The lowest BCUT2D eigenvalue weighted by atomic mass is 9.93. The zero-order valence-corrected chi connectivity index (χ0v) is 25.3. The van der Waals surface area contributed by atoms with Crippen molar-refractivity contribution in [3.63, 3.8) is 0 Å². The molecule has 0 spiro atoms. The number of para-hydroxylation sites is 2. The molecule has 5 unspecified atom stereocenters. The van der Waals surface area contributed by atoms with Crippen molar-refractivity contribution in [3.05, 3.63) is 59.7 Å². The van der Waals surface area contributed by atoms with E-state index in [0.717, 1.165) is 43.6 Å². The Morgan fingerprint density at radius 1 is 1.08 bits per heavy atom. The minimum Gasteiger partial charge on any atom is -0.375 e. The summed E-state index contributed by atoms with van der Waals surface area (Å²) in [6.07, 6.45) is -0.941. The van der Waals surface area contributed by atoms with Gasteiger partial charge in [-0.05, 0) is 26.1 Å². The number of methoxy groups -OCH3 is 1. The van der Waals surface area contributed by atoms with E-state index in [9.17, 15) is 9.90 Å². The van der Waals surface area contributed by atoms with Crippen LogP contribution in [0.25, 0.3) is 43.6 Å². The fourth-order valence-corrected chi connectivity index (χ4v) is 7.38. The fraction of sp³-hybridized carbons (Fsp3) is 0.321. The first-order valence-corrected chi connectivity index (χ1v) is 18.8. The molecule has 3 N–H and O–H groups in total. The van der Waals surface area contributed by atoms with Crippen molar-refractivity contribution in [3.8, 4) is 0 Å². The van der Waals surface area contributed by atoms with Crippen LogP contribution in [0.3, 0.4) is 0 Å². The minimum absolute atomic E-state index is 0.0289. The first kappa shape index (κ1) is 25.0. The van der Waals surface area contributed by atoms with Crippen LogP contribution in [0.1, 0.15) is 41.7 Å². The summed E-state index contributed by atoms with van der Waals surface area (Å²) < 4.78 is 17.7. The number of aromatic nitrogens is 2. The number of halogens is 2. The van der Waals surface area contributed by atoms with Gasteiger partial charge in [0, 0.05) is 83.9 Å². The maximum absolute atomic E-state index is 13.4. The number of aliphatic hydroxyl groups is 1. The van der Waals surface area contributed by atoms with Crippen molar-refractivity contribution in [2.24, 2.45) is 0 Å². The lowest BCUT2D eigenvalue weighted by Gasteiger charge is -2.48. The Morgan fingerprint density at radius 2 is 1.74 bits per heavy atom. The summed E-state index contributed by atoms with van der Waals surface area (Å²) in [7, 11) is 3.70. The summed E-state index contributed by atoms with van der Waals surface area (Å²) in [6.45, 7) is 2.09. The quantitative estimate of drug-likeness (QED) is 0.205. The molecule has 2 bridgehead atoms. The Balaban J connectivity index is 0.00000118. The summed E-state index contributed by atoms with van der Waals surface area (Å²) in [4.78, 5) is 13.4. The largest absolute Gasteiger partial charge is 0.375 e. The first-order chi connectivity index (χ1) is 18.5. The number of amides is 1. The molecule has 1 fully saturated rings. The smallest absolute Gasteiger partial charge is 0.254 e. The third-order valence-electron chi connectivity index (χ3n) is 8.65. The van der Waals surface area contributed by atoms with Crippen molar-refractivity contribution in [2.75, 3.05) is 14.2 Å². The van der Waals surface area contributed by atoms with E-state index in [1.54, 1.807) is 7.11 Å². The highest BCUT2D eigenvalue weighted by molar-refractivity contribution is 15.0. The lowest BCUT2D eigenvalue weighted by molar-refractivity contribution is -0.256. The summed E-state index contributed by atoms with van der Waals surface area (Å²) in [5.41, 5.74) is 4.25. The van der Waals surface area contributed by atoms with Gasteiger partial charge >= 0.3 is 0 Å². The monoisotopic (exact) mass is 736 g/mol. The molecule has 3 aliphatic rings. The van der Waals surface area contributed by atoms with Crippen LogP contribution in [0, 0.1) is 0 Å². The van der Waals surface area contributed by atoms with Gasteiger partial charge in [-0.15, -0.1) is 0 Å². The second kappa shape index (κ2) is 8.77. The summed E-state index contributed by atoms with van der Waals surface area (Å²) >= 11 is 4.24. The van der Waals surface area contributed by atoms with Gasteiger partial charge in [0.2, 0.25) is 0 Å². The van der Waals surface area contributed by atoms with Crippen molar-refractivity contribution < 1.29 is 19.4 Å². The number of carbonyl (C=O) groups is 1. The van der Waals surface area contributed by atoms with Crippen LogP contribution in [0.4, 0.5) is 0 Å². The van der Waals surface area contributed by atoms with Crippen molar-refractivity contribution in [1.29, 1.82) is 0 Å². The van der Waals surface area contributed by atoms with Crippen molar-refractivity contribution in [2.45, 2.75) is 43.7 Å². The van der Waals surface area contributed by atoms with E-state index in [4.69, 9.17) is 9.47 Å².